The van der Waals surface area contributed by atoms with Gasteiger partial charge in [0.1, 0.15) is 6.29 Å². The summed E-state index contributed by atoms with van der Waals surface area (Å²) in [4.78, 5) is 10.8. The molecule has 7 heteroatoms. The predicted octanol–water partition coefficient (Wildman–Crippen LogP) is 2.26. The van der Waals surface area contributed by atoms with Crippen LogP contribution in [0.1, 0.15) is 32.8 Å². The van der Waals surface area contributed by atoms with Gasteiger partial charge in [0.15, 0.2) is 11.6 Å². The number of aliphatic hydroxyl groups is 1. The molecule has 1 aromatic rings. The molecule has 0 bridgehead atoms. The molecular weight excluding hydrogens is 318 g/mol. The van der Waals surface area contributed by atoms with Crippen molar-refractivity contribution in [3.05, 3.63) is 29.3 Å². The lowest BCUT2D eigenvalue weighted by Crippen LogP contribution is -2.37. The second-order valence-corrected chi connectivity index (χ2v) is 6.86. The van der Waals surface area contributed by atoms with Gasteiger partial charge in [-0.3, -0.25) is 5.43 Å². The van der Waals surface area contributed by atoms with Crippen LogP contribution in [0.4, 0.5) is 8.78 Å². The molecule has 0 saturated carbocycles. The first-order valence-corrected chi connectivity index (χ1v) is 7.79. The van der Waals surface area contributed by atoms with Crippen LogP contribution in [-0.2, 0) is 4.79 Å². The number of nitrogens with one attached hydrogen (secondary N) is 1. The first kappa shape index (κ1) is 18.3. The number of carbonyl (C=O) groups is 1. The van der Waals surface area contributed by atoms with Crippen LogP contribution in [-0.4, -0.2) is 36.4 Å². The van der Waals surface area contributed by atoms with E-state index in [0.29, 0.717) is 12.1 Å². The van der Waals surface area contributed by atoms with Crippen molar-refractivity contribution in [2.75, 3.05) is 13.2 Å². The van der Waals surface area contributed by atoms with E-state index >= 15 is 0 Å². The molecule has 0 fully saturated rings. The zero-order valence-corrected chi connectivity index (χ0v) is 14.0. The lowest BCUT2D eigenvalue weighted by molar-refractivity contribution is -0.109. The first-order valence-electron chi connectivity index (χ1n) is 7.79. The molecule has 2 atom stereocenters. The summed E-state index contributed by atoms with van der Waals surface area (Å²) in [6.45, 7) is 5.24. The number of aldehydes is 1. The average molecular weight is 340 g/mol. The normalized spacial score (nSPS) is 21.0. The van der Waals surface area contributed by atoms with Crippen LogP contribution < -0.4 is 10.2 Å². The summed E-state index contributed by atoms with van der Waals surface area (Å²) in [5.41, 5.74) is 2.49. The van der Waals surface area contributed by atoms with Gasteiger partial charge in [0.2, 0.25) is 5.82 Å². The molecule has 0 amide bonds. The summed E-state index contributed by atoms with van der Waals surface area (Å²) < 4.78 is 34.0. The quantitative estimate of drug-likeness (QED) is 0.780. The number of hydrogen-bond acceptors (Lipinski definition) is 5. The molecule has 132 valence electrons. The first-order chi connectivity index (χ1) is 11.3. The van der Waals surface area contributed by atoms with Gasteiger partial charge < -0.3 is 14.6 Å². The van der Waals surface area contributed by atoms with E-state index in [-0.39, 0.29) is 30.4 Å². The van der Waals surface area contributed by atoms with E-state index in [4.69, 9.17) is 4.74 Å². The van der Waals surface area contributed by atoms with Crippen molar-refractivity contribution in [3.8, 4) is 5.75 Å². The summed E-state index contributed by atoms with van der Waals surface area (Å²) in [5.74, 6) is -2.52. The third-order valence-electron chi connectivity index (χ3n) is 3.96. The number of carbonyl (C=O) groups excluding carboxylic acids is 1. The van der Waals surface area contributed by atoms with Crippen LogP contribution in [0, 0.1) is 23.0 Å². The van der Waals surface area contributed by atoms with Crippen molar-refractivity contribution >= 4 is 12.0 Å². The molecule has 0 aromatic heterocycles. The predicted molar refractivity (Wildman–Crippen MR) is 86.0 cm³/mol. The lowest BCUT2D eigenvalue weighted by atomic mass is 9.91. The van der Waals surface area contributed by atoms with Gasteiger partial charge in [-0.2, -0.15) is 9.49 Å². The van der Waals surface area contributed by atoms with E-state index < -0.39 is 23.1 Å². The fourth-order valence-electron chi connectivity index (χ4n) is 2.38. The third kappa shape index (κ3) is 3.90. The Morgan fingerprint density at radius 3 is 2.71 bits per heavy atom. The topological polar surface area (TPSA) is 70.9 Å². The summed E-state index contributed by atoms with van der Waals surface area (Å²) >= 11 is 0. The Morgan fingerprint density at radius 1 is 1.42 bits per heavy atom. The molecule has 1 aromatic carbocycles. The number of rotatable bonds is 6. The standard InChI is InChI=1S/C17H22F2N2O3/c1-10-6-11(7-22)20-21-16(10)12-4-5-13(15(19)14(12)18)24-9-17(2,3)8-23/h4-5,7,10-11,20,23H,6,8-9H2,1-3H3. The summed E-state index contributed by atoms with van der Waals surface area (Å²) in [5, 5.41) is 13.2. The summed E-state index contributed by atoms with van der Waals surface area (Å²) in [6.07, 6.45) is 1.21. The van der Waals surface area contributed by atoms with E-state index in [0.717, 1.165) is 6.29 Å². The SMILES string of the molecule is CC1CC(C=O)NN=C1c1ccc(OCC(C)(C)CO)c(F)c1F. The van der Waals surface area contributed by atoms with Crippen LogP contribution in [0.2, 0.25) is 0 Å². The molecule has 0 spiro atoms. The number of hydrazone groups is 1. The lowest BCUT2D eigenvalue weighted by Gasteiger charge is -2.25. The van der Waals surface area contributed by atoms with Crippen molar-refractivity contribution in [2.24, 2.45) is 16.4 Å². The van der Waals surface area contributed by atoms with Crippen LogP contribution in [0.3, 0.4) is 0 Å². The minimum atomic E-state index is -1.09. The maximum atomic E-state index is 14.4. The van der Waals surface area contributed by atoms with Gasteiger partial charge in [0.25, 0.3) is 0 Å². The highest BCUT2D eigenvalue weighted by Gasteiger charge is 2.27. The molecule has 1 heterocycles. The second-order valence-electron chi connectivity index (χ2n) is 6.86. The van der Waals surface area contributed by atoms with E-state index in [2.05, 4.69) is 10.5 Å². The molecule has 2 N–H and O–H groups in total. The monoisotopic (exact) mass is 340 g/mol. The van der Waals surface area contributed by atoms with Gasteiger partial charge in [0.05, 0.1) is 25.0 Å². The molecule has 5 nitrogen and oxygen atoms in total. The van der Waals surface area contributed by atoms with Crippen molar-refractivity contribution in [1.29, 1.82) is 0 Å². The van der Waals surface area contributed by atoms with Gasteiger partial charge in [0, 0.05) is 16.9 Å². The number of hydrogen-bond donors (Lipinski definition) is 2. The van der Waals surface area contributed by atoms with Crippen molar-refractivity contribution in [1.82, 2.24) is 5.43 Å². The number of ether oxygens (including phenoxy) is 1. The van der Waals surface area contributed by atoms with Gasteiger partial charge in [-0.05, 0) is 18.6 Å². The highest BCUT2D eigenvalue weighted by atomic mass is 19.2. The minimum Gasteiger partial charge on any atom is -0.490 e. The Morgan fingerprint density at radius 2 is 2.12 bits per heavy atom. The Bertz CT molecular complexity index is 647. The number of benzene rings is 1. The number of aliphatic hydroxyl groups excluding tert-OH is 1. The molecule has 24 heavy (non-hydrogen) atoms. The summed E-state index contributed by atoms with van der Waals surface area (Å²) in [6, 6.07) is 2.35. The molecule has 0 aliphatic carbocycles. The smallest absolute Gasteiger partial charge is 0.201 e. The molecule has 1 aliphatic heterocycles. The van der Waals surface area contributed by atoms with Crippen LogP contribution in [0.5, 0.6) is 5.75 Å². The molecule has 1 aliphatic rings. The third-order valence-corrected chi connectivity index (χ3v) is 3.96. The Hall–Kier alpha value is -2.02. The molecular formula is C17H22F2N2O3. The van der Waals surface area contributed by atoms with Crippen molar-refractivity contribution in [3.63, 3.8) is 0 Å². The average Bonchev–Trinajstić information content (AvgIpc) is 2.56. The summed E-state index contributed by atoms with van der Waals surface area (Å²) in [7, 11) is 0. The van der Waals surface area contributed by atoms with Gasteiger partial charge in [-0.25, -0.2) is 4.39 Å². The van der Waals surface area contributed by atoms with Crippen LogP contribution in [0.25, 0.3) is 0 Å². The van der Waals surface area contributed by atoms with Gasteiger partial charge >= 0.3 is 0 Å². The Kier molecular flexibility index (Phi) is 5.54. The van der Waals surface area contributed by atoms with E-state index in [1.54, 1.807) is 13.8 Å². The van der Waals surface area contributed by atoms with Gasteiger partial charge in [-0.1, -0.05) is 20.8 Å². The Labute approximate surface area is 139 Å². The molecule has 0 saturated heterocycles. The maximum Gasteiger partial charge on any atom is 0.201 e. The minimum absolute atomic E-state index is 0.0469. The highest BCUT2D eigenvalue weighted by molar-refractivity contribution is 6.03. The van der Waals surface area contributed by atoms with Crippen LogP contribution >= 0.6 is 0 Å². The van der Waals surface area contributed by atoms with Crippen molar-refractivity contribution < 1.29 is 23.4 Å². The van der Waals surface area contributed by atoms with Crippen LogP contribution in [0.15, 0.2) is 17.2 Å². The largest absolute Gasteiger partial charge is 0.490 e. The number of halogens is 2. The van der Waals surface area contributed by atoms with Crippen molar-refractivity contribution in [2.45, 2.75) is 33.2 Å². The second kappa shape index (κ2) is 7.25. The van der Waals surface area contributed by atoms with E-state index in [9.17, 15) is 18.7 Å². The highest BCUT2D eigenvalue weighted by Crippen LogP contribution is 2.28. The Balaban J connectivity index is 2.24. The fourth-order valence-corrected chi connectivity index (χ4v) is 2.38. The van der Waals surface area contributed by atoms with E-state index in [1.807, 2.05) is 6.92 Å². The molecule has 2 rings (SSSR count). The maximum absolute atomic E-state index is 14.4. The molecule has 2 unspecified atom stereocenters. The number of nitrogens with zero attached hydrogens (tertiary/aromatic N) is 1. The van der Waals surface area contributed by atoms with Gasteiger partial charge in [-0.15, -0.1) is 0 Å². The van der Waals surface area contributed by atoms with E-state index in [1.165, 1.54) is 12.1 Å². The zero-order chi connectivity index (χ0) is 17.9. The zero-order valence-electron chi connectivity index (χ0n) is 14.0. The fraction of sp³-hybridized carbons (Fsp3) is 0.529. The molecule has 0 radical (unpaired) electrons.